The molecule has 1 amide bonds. The van der Waals surface area contributed by atoms with Crippen LogP contribution in [0.3, 0.4) is 0 Å². The van der Waals surface area contributed by atoms with E-state index in [1.807, 2.05) is 0 Å². The van der Waals surface area contributed by atoms with Gasteiger partial charge >= 0.3 is 0 Å². The molecule has 1 rings (SSSR count). The van der Waals surface area contributed by atoms with Crippen molar-refractivity contribution in [3.63, 3.8) is 0 Å². The molecule has 94 valence electrons. The third-order valence-electron chi connectivity index (χ3n) is 1.82. The summed E-state index contributed by atoms with van der Waals surface area (Å²) in [5.74, 6) is -0.310. The van der Waals surface area contributed by atoms with E-state index in [4.69, 9.17) is 11.6 Å². The van der Waals surface area contributed by atoms with Crippen molar-refractivity contribution in [2.24, 2.45) is 0 Å². The van der Waals surface area contributed by atoms with Crippen molar-refractivity contribution in [3.8, 4) is 0 Å². The molecule has 2 N–H and O–H groups in total. The highest BCUT2D eigenvalue weighted by molar-refractivity contribution is 7.92. The van der Waals surface area contributed by atoms with Crippen LogP contribution in [0.2, 0.25) is 0 Å². The van der Waals surface area contributed by atoms with Gasteiger partial charge in [-0.15, -0.1) is 11.6 Å². The van der Waals surface area contributed by atoms with E-state index in [0.29, 0.717) is 11.4 Å². The minimum Gasteiger partial charge on any atom is -0.325 e. The van der Waals surface area contributed by atoms with E-state index in [1.165, 1.54) is 0 Å². The van der Waals surface area contributed by atoms with E-state index in [1.54, 1.807) is 31.2 Å². The molecule has 0 aliphatic carbocycles. The average molecular weight is 277 g/mol. The third kappa shape index (κ3) is 5.06. The van der Waals surface area contributed by atoms with E-state index in [-0.39, 0.29) is 5.91 Å². The van der Waals surface area contributed by atoms with E-state index < -0.39 is 15.4 Å². The van der Waals surface area contributed by atoms with E-state index in [9.17, 15) is 13.2 Å². The van der Waals surface area contributed by atoms with Crippen LogP contribution in [0.25, 0.3) is 0 Å². The highest BCUT2D eigenvalue weighted by Gasteiger charge is 2.09. The smallest absolute Gasteiger partial charge is 0.242 e. The molecular formula is C10H13ClN2O3S. The Balaban J connectivity index is 2.72. The number of benzene rings is 1. The number of carbonyl (C=O) groups excluding carboxylic acids is 1. The minimum absolute atomic E-state index is 0.310. The average Bonchev–Trinajstić information content (AvgIpc) is 2.18. The minimum atomic E-state index is -3.28. The number of carbonyl (C=O) groups is 1. The van der Waals surface area contributed by atoms with Crippen LogP contribution in [0, 0.1) is 0 Å². The molecule has 0 saturated heterocycles. The summed E-state index contributed by atoms with van der Waals surface area (Å²) in [5.41, 5.74) is 0.992. The molecule has 7 heteroatoms. The Morgan fingerprint density at radius 2 is 1.71 bits per heavy atom. The Labute approximate surface area is 105 Å². The van der Waals surface area contributed by atoms with Gasteiger partial charge in [-0.05, 0) is 31.2 Å². The zero-order valence-corrected chi connectivity index (χ0v) is 11.0. The summed E-state index contributed by atoms with van der Waals surface area (Å²) in [6.45, 7) is 1.57. The summed E-state index contributed by atoms with van der Waals surface area (Å²) >= 11 is 5.59. The molecule has 5 nitrogen and oxygen atoms in total. The molecule has 0 saturated carbocycles. The maximum Gasteiger partial charge on any atom is 0.242 e. The van der Waals surface area contributed by atoms with Crippen molar-refractivity contribution in [2.45, 2.75) is 12.3 Å². The summed E-state index contributed by atoms with van der Waals surface area (Å²) in [7, 11) is -3.28. The first-order valence-corrected chi connectivity index (χ1v) is 7.13. The summed E-state index contributed by atoms with van der Waals surface area (Å²) < 4.78 is 24.2. The Morgan fingerprint density at radius 1 is 1.24 bits per heavy atom. The maximum absolute atomic E-state index is 11.3. The van der Waals surface area contributed by atoms with Crippen molar-refractivity contribution < 1.29 is 13.2 Å². The fourth-order valence-corrected chi connectivity index (χ4v) is 1.70. The standard InChI is InChI=1S/C10H13ClN2O3S/c1-7(11)10(14)12-8-3-5-9(6-4-8)13-17(2,15)16/h3-7,13H,1-2H3,(H,12,14). The van der Waals surface area contributed by atoms with Crippen LogP contribution in [0.1, 0.15) is 6.92 Å². The van der Waals surface area contributed by atoms with Gasteiger partial charge in [0, 0.05) is 11.4 Å². The number of amides is 1. The lowest BCUT2D eigenvalue weighted by Gasteiger charge is -2.08. The van der Waals surface area contributed by atoms with Gasteiger partial charge < -0.3 is 5.32 Å². The van der Waals surface area contributed by atoms with Crippen molar-refractivity contribution in [3.05, 3.63) is 24.3 Å². The van der Waals surface area contributed by atoms with Gasteiger partial charge in [0.25, 0.3) is 0 Å². The first-order valence-electron chi connectivity index (χ1n) is 4.81. The molecule has 1 aromatic carbocycles. The topological polar surface area (TPSA) is 75.3 Å². The Kier molecular flexibility index (Phi) is 4.36. The molecule has 0 radical (unpaired) electrons. The number of nitrogens with one attached hydrogen (secondary N) is 2. The van der Waals surface area contributed by atoms with Crippen LogP contribution in [0.5, 0.6) is 0 Å². The molecule has 0 aliphatic rings. The lowest BCUT2D eigenvalue weighted by Crippen LogP contribution is -2.20. The van der Waals surface area contributed by atoms with Crippen molar-refractivity contribution in [1.29, 1.82) is 0 Å². The second kappa shape index (κ2) is 5.37. The van der Waals surface area contributed by atoms with Crippen LogP contribution in [0.15, 0.2) is 24.3 Å². The molecule has 0 heterocycles. The van der Waals surface area contributed by atoms with E-state index >= 15 is 0 Å². The van der Waals surface area contributed by atoms with Gasteiger partial charge in [-0.3, -0.25) is 9.52 Å². The zero-order chi connectivity index (χ0) is 13.1. The normalized spacial score (nSPS) is 12.9. The lowest BCUT2D eigenvalue weighted by molar-refractivity contribution is -0.115. The third-order valence-corrected chi connectivity index (χ3v) is 2.62. The molecule has 0 fully saturated rings. The molecule has 0 aliphatic heterocycles. The molecule has 1 atom stereocenters. The van der Waals surface area contributed by atoms with Gasteiger partial charge in [0.15, 0.2) is 0 Å². The SMILES string of the molecule is CC(Cl)C(=O)Nc1ccc(NS(C)(=O)=O)cc1. The fourth-order valence-electron chi connectivity index (χ4n) is 1.08. The van der Waals surface area contributed by atoms with Crippen LogP contribution < -0.4 is 10.0 Å². The number of halogens is 1. The van der Waals surface area contributed by atoms with Gasteiger partial charge in [-0.2, -0.15) is 0 Å². The predicted molar refractivity (Wildman–Crippen MR) is 68.9 cm³/mol. The van der Waals surface area contributed by atoms with Crippen LogP contribution in [0.4, 0.5) is 11.4 Å². The number of rotatable bonds is 4. The highest BCUT2D eigenvalue weighted by Crippen LogP contribution is 2.15. The van der Waals surface area contributed by atoms with Gasteiger partial charge in [0.2, 0.25) is 15.9 Å². The van der Waals surface area contributed by atoms with Gasteiger partial charge in [0.1, 0.15) is 5.38 Å². The van der Waals surface area contributed by atoms with Crippen molar-refractivity contribution in [2.75, 3.05) is 16.3 Å². The monoisotopic (exact) mass is 276 g/mol. The second-order valence-electron chi connectivity index (χ2n) is 3.56. The van der Waals surface area contributed by atoms with Crippen LogP contribution in [-0.4, -0.2) is 26.0 Å². The van der Waals surface area contributed by atoms with Crippen LogP contribution >= 0.6 is 11.6 Å². The molecule has 0 bridgehead atoms. The summed E-state index contributed by atoms with van der Waals surface area (Å²) in [6.07, 6.45) is 1.07. The Bertz CT molecular complexity index is 497. The largest absolute Gasteiger partial charge is 0.325 e. The quantitative estimate of drug-likeness (QED) is 0.821. The molecular weight excluding hydrogens is 264 g/mol. The maximum atomic E-state index is 11.3. The van der Waals surface area contributed by atoms with Gasteiger partial charge in [-0.25, -0.2) is 8.42 Å². The highest BCUT2D eigenvalue weighted by atomic mass is 35.5. The summed E-state index contributed by atoms with van der Waals surface area (Å²) in [6, 6.07) is 6.28. The van der Waals surface area contributed by atoms with E-state index in [2.05, 4.69) is 10.0 Å². The van der Waals surface area contributed by atoms with Gasteiger partial charge in [0.05, 0.1) is 6.26 Å². The molecule has 17 heavy (non-hydrogen) atoms. The van der Waals surface area contributed by atoms with E-state index in [0.717, 1.165) is 6.26 Å². The Hall–Kier alpha value is -1.27. The van der Waals surface area contributed by atoms with Crippen LogP contribution in [-0.2, 0) is 14.8 Å². The van der Waals surface area contributed by atoms with Crippen molar-refractivity contribution >= 4 is 38.9 Å². The predicted octanol–water partition coefficient (Wildman–Crippen LogP) is 1.62. The number of alkyl halides is 1. The first kappa shape index (κ1) is 13.8. The lowest BCUT2D eigenvalue weighted by atomic mass is 10.3. The molecule has 0 aromatic heterocycles. The first-order chi connectivity index (χ1) is 7.78. The number of hydrogen-bond acceptors (Lipinski definition) is 3. The summed E-state index contributed by atoms with van der Waals surface area (Å²) in [4.78, 5) is 11.3. The van der Waals surface area contributed by atoms with Gasteiger partial charge in [-0.1, -0.05) is 0 Å². The second-order valence-corrected chi connectivity index (χ2v) is 5.96. The molecule has 0 spiro atoms. The number of hydrogen-bond donors (Lipinski definition) is 2. The fraction of sp³-hybridized carbons (Fsp3) is 0.300. The van der Waals surface area contributed by atoms with Crippen molar-refractivity contribution in [1.82, 2.24) is 0 Å². The summed E-state index contributed by atoms with van der Waals surface area (Å²) in [5, 5.41) is 1.96. The molecule has 1 unspecified atom stereocenters. The zero-order valence-electron chi connectivity index (χ0n) is 9.40. The Morgan fingerprint density at radius 3 is 2.12 bits per heavy atom. The number of sulfonamides is 1. The number of anilines is 2. The molecule has 1 aromatic rings.